The third-order valence-corrected chi connectivity index (χ3v) is 4.97. The number of fused-ring (bicyclic) bond motifs is 1. The van der Waals surface area contributed by atoms with Crippen LogP contribution in [0, 0.1) is 0 Å². The van der Waals surface area contributed by atoms with Crippen LogP contribution >= 0.6 is 23.7 Å². The lowest BCUT2D eigenvalue weighted by Crippen LogP contribution is -2.54. The first-order valence-electron chi connectivity index (χ1n) is 7.07. The molecule has 1 aromatic heterocycles. The van der Waals surface area contributed by atoms with Gasteiger partial charge in [-0.3, -0.25) is 4.90 Å². The summed E-state index contributed by atoms with van der Waals surface area (Å²) in [6, 6.07) is 7.20. The average Bonchev–Trinajstić information content (AvgIpc) is 2.84. The lowest BCUT2D eigenvalue weighted by molar-refractivity contribution is 0.109. The Balaban J connectivity index is 0.00000161. The summed E-state index contributed by atoms with van der Waals surface area (Å²) in [5.41, 5.74) is 1.07. The molecule has 0 spiro atoms. The van der Waals surface area contributed by atoms with E-state index >= 15 is 0 Å². The number of piperazine rings is 1. The van der Waals surface area contributed by atoms with Crippen molar-refractivity contribution in [3.8, 4) is 5.75 Å². The summed E-state index contributed by atoms with van der Waals surface area (Å²) < 4.78 is 6.48. The maximum atomic E-state index is 5.28. The second kappa shape index (κ2) is 6.92. The molecule has 0 radical (unpaired) electrons. The topological polar surface area (TPSA) is 37.4 Å². The first-order chi connectivity index (χ1) is 9.67. The number of halogens is 1. The van der Waals surface area contributed by atoms with Gasteiger partial charge in [-0.25, -0.2) is 4.98 Å². The minimum Gasteiger partial charge on any atom is -0.497 e. The van der Waals surface area contributed by atoms with Crippen LogP contribution in [0.5, 0.6) is 5.75 Å². The standard InChI is InChI=1S/C15H21N3OS.ClH/c1-10-7-16-8-11(2)18(10)9-15-17-13-5-4-12(19-3)6-14(13)20-15;/h4-6,10-11,16H,7-9H2,1-3H3;1H/t10-,11+;. The number of aromatic nitrogens is 1. The SMILES string of the molecule is COc1ccc2nc(CN3[C@H](C)CNC[C@@H]3C)sc2c1.Cl. The second-order valence-electron chi connectivity index (χ2n) is 5.47. The monoisotopic (exact) mass is 327 g/mol. The number of thiazole rings is 1. The molecule has 6 heteroatoms. The molecule has 2 aromatic rings. The van der Waals surface area contributed by atoms with Crippen molar-refractivity contribution in [1.29, 1.82) is 0 Å². The summed E-state index contributed by atoms with van der Waals surface area (Å²) in [4.78, 5) is 7.29. The minimum atomic E-state index is 0. The van der Waals surface area contributed by atoms with E-state index in [1.807, 2.05) is 12.1 Å². The van der Waals surface area contributed by atoms with Crippen molar-refractivity contribution in [3.63, 3.8) is 0 Å². The van der Waals surface area contributed by atoms with Gasteiger partial charge in [-0.05, 0) is 32.0 Å². The molecule has 0 unspecified atom stereocenters. The van der Waals surface area contributed by atoms with Crippen molar-refractivity contribution >= 4 is 34.0 Å². The van der Waals surface area contributed by atoms with Gasteiger partial charge in [-0.2, -0.15) is 0 Å². The lowest BCUT2D eigenvalue weighted by Gasteiger charge is -2.38. The highest BCUT2D eigenvalue weighted by Crippen LogP contribution is 2.28. The van der Waals surface area contributed by atoms with E-state index in [0.29, 0.717) is 12.1 Å². The fourth-order valence-corrected chi connectivity index (χ4v) is 3.79. The van der Waals surface area contributed by atoms with Gasteiger partial charge in [-0.1, -0.05) is 0 Å². The molecule has 0 saturated carbocycles. The molecule has 21 heavy (non-hydrogen) atoms. The average molecular weight is 328 g/mol. The minimum absolute atomic E-state index is 0. The third-order valence-electron chi connectivity index (χ3n) is 3.97. The van der Waals surface area contributed by atoms with Crippen molar-refractivity contribution in [1.82, 2.24) is 15.2 Å². The lowest BCUT2D eigenvalue weighted by atomic mass is 10.1. The normalized spacial score (nSPS) is 23.0. The highest BCUT2D eigenvalue weighted by molar-refractivity contribution is 7.18. The summed E-state index contributed by atoms with van der Waals surface area (Å²) >= 11 is 1.77. The Hall–Kier alpha value is -0.880. The number of ether oxygens (including phenoxy) is 1. The van der Waals surface area contributed by atoms with Gasteiger partial charge >= 0.3 is 0 Å². The second-order valence-corrected chi connectivity index (χ2v) is 6.59. The molecule has 1 saturated heterocycles. The van der Waals surface area contributed by atoms with E-state index in [0.717, 1.165) is 30.9 Å². The molecule has 1 aliphatic heterocycles. The smallest absolute Gasteiger partial charge is 0.120 e. The zero-order valence-corrected chi connectivity index (χ0v) is 14.3. The number of nitrogens with zero attached hydrogens (tertiary/aromatic N) is 2. The van der Waals surface area contributed by atoms with Gasteiger partial charge in [0, 0.05) is 25.2 Å². The summed E-state index contributed by atoms with van der Waals surface area (Å²) in [6.07, 6.45) is 0. The van der Waals surface area contributed by atoms with Crippen molar-refractivity contribution in [3.05, 3.63) is 23.2 Å². The largest absolute Gasteiger partial charge is 0.497 e. The zero-order valence-electron chi connectivity index (χ0n) is 12.6. The number of methoxy groups -OCH3 is 1. The molecule has 4 nitrogen and oxygen atoms in total. The number of rotatable bonds is 3. The van der Waals surface area contributed by atoms with E-state index in [1.54, 1.807) is 18.4 Å². The van der Waals surface area contributed by atoms with Crippen molar-refractivity contribution < 1.29 is 4.74 Å². The predicted octanol–water partition coefficient (Wildman–Crippen LogP) is 2.91. The van der Waals surface area contributed by atoms with E-state index in [4.69, 9.17) is 9.72 Å². The van der Waals surface area contributed by atoms with Crippen molar-refractivity contribution in [2.75, 3.05) is 20.2 Å². The van der Waals surface area contributed by atoms with E-state index < -0.39 is 0 Å². The molecule has 1 fully saturated rings. The summed E-state index contributed by atoms with van der Waals surface area (Å²) in [5.74, 6) is 0.900. The molecule has 0 bridgehead atoms. The molecule has 2 heterocycles. The van der Waals surface area contributed by atoms with Crippen LogP contribution in [0.2, 0.25) is 0 Å². The van der Waals surface area contributed by atoms with Gasteiger partial charge in [-0.15, -0.1) is 23.7 Å². The Bertz CT molecular complexity index is 594. The maximum Gasteiger partial charge on any atom is 0.120 e. The fraction of sp³-hybridized carbons (Fsp3) is 0.533. The number of nitrogens with one attached hydrogen (secondary N) is 1. The molecular formula is C15H22ClN3OS. The van der Waals surface area contributed by atoms with Crippen LogP contribution in [0.15, 0.2) is 18.2 Å². The van der Waals surface area contributed by atoms with Gasteiger partial charge in [0.15, 0.2) is 0 Å². The van der Waals surface area contributed by atoms with E-state index in [2.05, 4.69) is 30.1 Å². The molecule has 2 atom stereocenters. The first kappa shape index (κ1) is 16.5. The molecule has 1 aliphatic rings. The van der Waals surface area contributed by atoms with Gasteiger partial charge in [0.25, 0.3) is 0 Å². The Morgan fingerprint density at radius 3 is 2.71 bits per heavy atom. The van der Waals surface area contributed by atoms with Crippen LogP contribution in [-0.2, 0) is 6.54 Å². The molecule has 1 aromatic carbocycles. The summed E-state index contributed by atoms with van der Waals surface area (Å²) in [5, 5.41) is 4.66. The number of benzene rings is 1. The van der Waals surface area contributed by atoms with Crippen molar-refractivity contribution in [2.24, 2.45) is 0 Å². The van der Waals surface area contributed by atoms with Crippen LogP contribution in [0.25, 0.3) is 10.2 Å². The molecule has 116 valence electrons. The van der Waals surface area contributed by atoms with Gasteiger partial charge in [0.1, 0.15) is 10.8 Å². The van der Waals surface area contributed by atoms with Crippen LogP contribution in [0.3, 0.4) is 0 Å². The van der Waals surface area contributed by atoms with Gasteiger partial charge < -0.3 is 10.1 Å². The first-order valence-corrected chi connectivity index (χ1v) is 7.89. The van der Waals surface area contributed by atoms with Crippen molar-refractivity contribution in [2.45, 2.75) is 32.5 Å². The number of hydrogen-bond donors (Lipinski definition) is 1. The fourth-order valence-electron chi connectivity index (χ4n) is 2.79. The molecule has 0 aliphatic carbocycles. The highest BCUT2D eigenvalue weighted by atomic mass is 35.5. The molecule has 1 N–H and O–H groups in total. The van der Waals surface area contributed by atoms with Gasteiger partial charge in [0.05, 0.1) is 23.9 Å². The molecular weight excluding hydrogens is 306 g/mol. The Kier molecular flexibility index (Phi) is 5.43. The van der Waals surface area contributed by atoms with E-state index in [-0.39, 0.29) is 12.4 Å². The van der Waals surface area contributed by atoms with Crippen LogP contribution in [0.1, 0.15) is 18.9 Å². The van der Waals surface area contributed by atoms with Crippen LogP contribution in [0.4, 0.5) is 0 Å². The van der Waals surface area contributed by atoms with Crippen LogP contribution in [-0.4, -0.2) is 42.2 Å². The highest BCUT2D eigenvalue weighted by Gasteiger charge is 2.25. The van der Waals surface area contributed by atoms with Gasteiger partial charge in [0.2, 0.25) is 0 Å². The maximum absolute atomic E-state index is 5.28. The Morgan fingerprint density at radius 1 is 1.33 bits per heavy atom. The molecule has 3 rings (SSSR count). The van der Waals surface area contributed by atoms with E-state index in [9.17, 15) is 0 Å². The summed E-state index contributed by atoms with van der Waals surface area (Å²) in [6.45, 7) is 7.61. The quantitative estimate of drug-likeness (QED) is 0.940. The Labute approximate surface area is 135 Å². The van der Waals surface area contributed by atoms with Crippen LogP contribution < -0.4 is 10.1 Å². The Morgan fingerprint density at radius 2 is 2.05 bits per heavy atom. The molecule has 0 amide bonds. The zero-order chi connectivity index (χ0) is 14.1. The predicted molar refractivity (Wildman–Crippen MR) is 90.8 cm³/mol. The third kappa shape index (κ3) is 3.48. The number of hydrogen-bond acceptors (Lipinski definition) is 5. The van der Waals surface area contributed by atoms with E-state index in [1.165, 1.54) is 9.71 Å². The summed E-state index contributed by atoms with van der Waals surface area (Å²) in [7, 11) is 1.70.